The molecule has 1 aliphatic heterocycles. The first kappa shape index (κ1) is 20.1. The van der Waals surface area contributed by atoms with Gasteiger partial charge in [0.1, 0.15) is 0 Å². The molecule has 0 atom stereocenters. The Hall–Kier alpha value is -0.990. The zero-order valence-corrected chi connectivity index (χ0v) is 15.1. The van der Waals surface area contributed by atoms with E-state index < -0.39 is 5.97 Å². The van der Waals surface area contributed by atoms with Crippen molar-refractivity contribution in [2.24, 2.45) is 0 Å². The van der Waals surface area contributed by atoms with Crippen LogP contribution in [-0.4, -0.2) is 11.1 Å². The number of carboxylic acids is 1. The van der Waals surface area contributed by atoms with Gasteiger partial charge in [-0.1, -0.05) is 96.8 Å². The van der Waals surface area contributed by atoms with Crippen molar-refractivity contribution >= 4 is 5.97 Å². The van der Waals surface area contributed by atoms with Crippen molar-refractivity contribution < 1.29 is 14.6 Å². The summed E-state index contributed by atoms with van der Waals surface area (Å²) in [6, 6.07) is 0. The molecule has 0 saturated heterocycles. The molecule has 1 aliphatic rings. The summed E-state index contributed by atoms with van der Waals surface area (Å²) in [6.45, 7) is 2.27. The van der Waals surface area contributed by atoms with Crippen LogP contribution >= 0.6 is 0 Å². The van der Waals surface area contributed by atoms with Crippen molar-refractivity contribution in [1.82, 2.24) is 0 Å². The fourth-order valence-electron chi connectivity index (χ4n) is 3.08. The molecular weight excluding hydrogens is 288 g/mol. The second kappa shape index (κ2) is 13.4. The van der Waals surface area contributed by atoms with Gasteiger partial charge in [0.25, 0.3) is 0 Å². The van der Waals surface area contributed by atoms with Gasteiger partial charge in [-0.25, -0.2) is 4.79 Å². The van der Waals surface area contributed by atoms with Crippen LogP contribution in [0.2, 0.25) is 0 Å². The molecule has 0 spiro atoms. The van der Waals surface area contributed by atoms with Gasteiger partial charge in [0, 0.05) is 6.42 Å². The lowest BCUT2D eigenvalue weighted by atomic mass is 10.0. The number of allylic oxidation sites excluding steroid dienone is 1. The van der Waals surface area contributed by atoms with Crippen LogP contribution in [0.5, 0.6) is 0 Å². The maximum atomic E-state index is 10.5. The van der Waals surface area contributed by atoms with Gasteiger partial charge in [-0.3, -0.25) is 0 Å². The zero-order valence-electron chi connectivity index (χ0n) is 15.1. The van der Waals surface area contributed by atoms with E-state index in [-0.39, 0.29) is 5.76 Å². The molecule has 134 valence electrons. The Labute approximate surface area is 142 Å². The Morgan fingerprint density at radius 1 is 0.739 bits per heavy atom. The SMILES string of the molecule is CCCCCCCCCCCCCCCCCC1=C(C(=O)O)O1. The second-order valence-electron chi connectivity index (χ2n) is 6.86. The minimum absolute atomic E-state index is 0.190. The minimum Gasteiger partial charge on any atom is -0.475 e. The number of carbonyl (C=O) groups is 1. The van der Waals surface area contributed by atoms with Crippen molar-refractivity contribution in [3.8, 4) is 0 Å². The molecule has 0 fully saturated rings. The maximum absolute atomic E-state index is 10.5. The van der Waals surface area contributed by atoms with E-state index in [2.05, 4.69) is 6.92 Å². The van der Waals surface area contributed by atoms with Crippen LogP contribution in [0.4, 0.5) is 0 Å². The fraction of sp³-hybridized carbons (Fsp3) is 0.850. The molecule has 1 heterocycles. The van der Waals surface area contributed by atoms with Crippen molar-refractivity contribution in [1.29, 1.82) is 0 Å². The van der Waals surface area contributed by atoms with Crippen LogP contribution in [0.1, 0.15) is 110 Å². The number of hydrogen-bond acceptors (Lipinski definition) is 2. The van der Waals surface area contributed by atoms with Gasteiger partial charge in [0.2, 0.25) is 5.76 Å². The van der Waals surface area contributed by atoms with Gasteiger partial charge in [-0.2, -0.15) is 0 Å². The highest BCUT2D eigenvalue weighted by Crippen LogP contribution is 2.31. The van der Waals surface area contributed by atoms with Gasteiger partial charge < -0.3 is 9.84 Å². The van der Waals surface area contributed by atoms with Crippen LogP contribution in [0.15, 0.2) is 11.5 Å². The summed E-state index contributed by atoms with van der Waals surface area (Å²) in [6.07, 6.45) is 21.1. The monoisotopic (exact) mass is 324 g/mol. The summed E-state index contributed by atoms with van der Waals surface area (Å²) in [5.74, 6) is -0.0245. The summed E-state index contributed by atoms with van der Waals surface area (Å²) in [5, 5.41) is 8.67. The van der Waals surface area contributed by atoms with Crippen LogP contribution < -0.4 is 0 Å². The molecule has 1 rings (SSSR count). The molecule has 0 aromatic heterocycles. The van der Waals surface area contributed by atoms with Gasteiger partial charge in [-0.05, 0) is 6.42 Å². The molecule has 23 heavy (non-hydrogen) atoms. The molecule has 0 unspecified atom stereocenters. The van der Waals surface area contributed by atoms with E-state index in [9.17, 15) is 4.79 Å². The van der Waals surface area contributed by atoms with Gasteiger partial charge in [-0.15, -0.1) is 0 Å². The molecule has 0 saturated carbocycles. The van der Waals surface area contributed by atoms with Gasteiger partial charge in [0.05, 0.1) is 0 Å². The molecule has 0 bridgehead atoms. The lowest BCUT2D eigenvalue weighted by Crippen LogP contribution is -1.88. The normalized spacial score (nSPS) is 13.3. The average molecular weight is 325 g/mol. The predicted octanol–water partition coefficient (Wildman–Crippen LogP) is 6.57. The third-order valence-corrected chi connectivity index (χ3v) is 4.64. The predicted molar refractivity (Wildman–Crippen MR) is 95.3 cm³/mol. The Kier molecular flexibility index (Phi) is 11.7. The van der Waals surface area contributed by atoms with E-state index in [1.807, 2.05) is 0 Å². The third-order valence-electron chi connectivity index (χ3n) is 4.64. The maximum Gasteiger partial charge on any atom is 0.375 e. The first-order valence-corrected chi connectivity index (χ1v) is 9.90. The number of aliphatic carboxylic acids is 1. The summed E-state index contributed by atoms with van der Waals surface area (Å²) < 4.78 is 4.93. The molecule has 0 aromatic carbocycles. The summed E-state index contributed by atoms with van der Waals surface area (Å²) in [4.78, 5) is 10.5. The number of hydrogen-bond donors (Lipinski definition) is 1. The summed E-state index contributed by atoms with van der Waals surface area (Å²) in [7, 11) is 0. The van der Waals surface area contributed by atoms with Crippen LogP contribution in [0, 0.1) is 0 Å². The minimum atomic E-state index is -0.916. The Balaban J connectivity index is 1.70. The van der Waals surface area contributed by atoms with Crippen LogP contribution in [0.25, 0.3) is 0 Å². The topological polar surface area (TPSA) is 49.8 Å². The van der Waals surface area contributed by atoms with Gasteiger partial charge in [0.15, 0.2) is 5.76 Å². The van der Waals surface area contributed by atoms with E-state index in [1.54, 1.807) is 0 Å². The van der Waals surface area contributed by atoms with E-state index in [0.29, 0.717) is 5.76 Å². The van der Waals surface area contributed by atoms with Crippen LogP contribution in [0.3, 0.4) is 0 Å². The Morgan fingerprint density at radius 3 is 1.48 bits per heavy atom. The highest BCUT2D eigenvalue weighted by molar-refractivity contribution is 5.88. The standard InChI is InChI=1S/C20H36O3/c1-2-3-4-5-6-7-8-9-10-11-12-13-14-15-16-17-18-19(23-18)20(21)22/h2-17H2,1H3,(H,21,22). The highest BCUT2D eigenvalue weighted by Gasteiger charge is 2.30. The zero-order chi connectivity index (χ0) is 16.8. The number of ether oxygens (including phenoxy) is 1. The molecule has 0 aromatic rings. The quantitative estimate of drug-likeness (QED) is 0.308. The summed E-state index contributed by atoms with van der Waals surface area (Å²) in [5.41, 5.74) is 0. The molecule has 0 aliphatic carbocycles. The number of carboxylic acid groups (broad SMARTS) is 1. The first-order valence-electron chi connectivity index (χ1n) is 9.90. The number of unbranched alkanes of at least 4 members (excludes halogenated alkanes) is 14. The van der Waals surface area contributed by atoms with Crippen LogP contribution in [-0.2, 0) is 9.53 Å². The molecule has 3 heteroatoms. The number of rotatable bonds is 17. The highest BCUT2D eigenvalue weighted by atomic mass is 16.6. The average Bonchev–Trinajstić information content (AvgIpc) is 3.31. The van der Waals surface area contributed by atoms with E-state index in [1.165, 1.54) is 89.9 Å². The largest absolute Gasteiger partial charge is 0.475 e. The molecular formula is C20H36O3. The lowest BCUT2D eigenvalue weighted by Gasteiger charge is -2.03. The fourth-order valence-corrected chi connectivity index (χ4v) is 3.08. The van der Waals surface area contributed by atoms with Crippen molar-refractivity contribution in [2.75, 3.05) is 0 Å². The van der Waals surface area contributed by atoms with E-state index in [0.717, 1.165) is 12.8 Å². The molecule has 0 radical (unpaired) electrons. The third kappa shape index (κ3) is 11.2. The summed E-state index contributed by atoms with van der Waals surface area (Å²) >= 11 is 0. The van der Waals surface area contributed by atoms with E-state index in [4.69, 9.17) is 9.84 Å². The smallest absolute Gasteiger partial charge is 0.375 e. The molecule has 0 amide bonds. The van der Waals surface area contributed by atoms with Gasteiger partial charge >= 0.3 is 5.97 Å². The Bertz CT molecular complexity index is 347. The lowest BCUT2D eigenvalue weighted by molar-refractivity contribution is -0.133. The van der Waals surface area contributed by atoms with Crippen molar-refractivity contribution in [3.63, 3.8) is 0 Å². The van der Waals surface area contributed by atoms with Crippen molar-refractivity contribution in [3.05, 3.63) is 11.5 Å². The molecule has 1 N–H and O–H groups in total. The van der Waals surface area contributed by atoms with E-state index >= 15 is 0 Å². The first-order chi connectivity index (χ1) is 11.3. The Morgan fingerprint density at radius 2 is 1.13 bits per heavy atom. The second-order valence-corrected chi connectivity index (χ2v) is 6.86. The van der Waals surface area contributed by atoms with Crippen molar-refractivity contribution in [2.45, 2.75) is 110 Å². The molecule has 3 nitrogen and oxygen atoms in total.